The summed E-state index contributed by atoms with van der Waals surface area (Å²) in [6.45, 7) is 0. The molecule has 0 radical (unpaired) electrons. The van der Waals surface area contributed by atoms with Crippen LogP contribution in [0.4, 0.5) is 0 Å². The van der Waals surface area contributed by atoms with Crippen molar-refractivity contribution in [2.75, 3.05) is 0 Å². The number of aromatic amines is 1. The maximum atomic E-state index is 10.8. The Bertz CT molecular complexity index is 876. The number of aromatic nitrogens is 3. The van der Waals surface area contributed by atoms with E-state index >= 15 is 0 Å². The van der Waals surface area contributed by atoms with Crippen LogP contribution in [0.1, 0.15) is 15.9 Å². The molecule has 0 fully saturated rings. The zero-order valence-electron chi connectivity index (χ0n) is 11.1. The molecule has 0 saturated heterocycles. The Kier molecular flexibility index (Phi) is 3.94. The van der Waals surface area contributed by atoms with Crippen LogP contribution in [0.3, 0.4) is 0 Å². The molecule has 0 aliphatic rings. The quantitative estimate of drug-likeness (QED) is 0.568. The molecule has 0 unspecified atom stereocenters. The molecule has 1 aromatic carbocycles. The van der Waals surface area contributed by atoms with Gasteiger partial charge in [0.05, 0.1) is 16.7 Å². The molecule has 22 heavy (non-hydrogen) atoms. The van der Waals surface area contributed by atoms with Gasteiger partial charge in [-0.05, 0) is 41.4 Å². The molecule has 110 valence electrons. The zero-order chi connectivity index (χ0) is 15.5. The van der Waals surface area contributed by atoms with Gasteiger partial charge in [-0.1, -0.05) is 18.2 Å². The van der Waals surface area contributed by atoms with Crippen molar-refractivity contribution < 1.29 is 9.90 Å². The van der Waals surface area contributed by atoms with Gasteiger partial charge in [-0.25, -0.2) is 9.89 Å². The van der Waals surface area contributed by atoms with E-state index in [0.29, 0.717) is 10.6 Å². The highest BCUT2D eigenvalue weighted by Gasteiger charge is 2.08. The van der Waals surface area contributed by atoms with Gasteiger partial charge in [0.15, 0.2) is 5.82 Å². The Hall–Kier alpha value is -2.58. The maximum Gasteiger partial charge on any atom is 0.335 e. The highest BCUT2D eigenvalue weighted by Crippen LogP contribution is 2.22. The van der Waals surface area contributed by atoms with Crippen LogP contribution in [0.25, 0.3) is 10.7 Å². The van der Waals surface area contributed by atoms with Crippen molar-refractivity contribution in [2.24, 2.45) is 5.10 Å². The van der Waals surface area contributed by atoms with Crippen LogP contribution in [-0.4, -0.2) is 32.2 Å². The number of aromatic carboxylic acids is 1. The Morgan fingerprint density at radius 3 is 2.77 bits per heavy atom. The van der Waals surface area contributed by atoms with Gasteiger partial charge in [0.25, 0.3) is 0 Å². The van der Waals surface area contributed by atoms with Gasteiger partial charge in [-0.15, -0.1) is 11.3 Å². The second kappa shape index (κ2) is 6.04. The number of thiophene rings is 1. The molecule has 2 aromatic heterocycles. The van der Waals surface area contributed by atoms with E-state index in [1.165, 1.54) is 16.8 Å². The summed E-state index contributed by atoms with van der Waals surface area (Å²) in [7, 11) is 0. The molecule has 2 heterocycles. The van der Waals surface area contributed by atoms with Gasteiger partial charge in [0.1, 0.15) is 0 Å². The summed E-state index contributed by atoms with van der Waals surface area (Å²) >= 11 is 6.72. The molecule has 0 atom stereocenters. The first-order valence-corrected chi connectivity index (χ1v) is 7.53. The molecule has 3 aromatic rings. The lowest BCUT2D eigenvalue weighted by Gasteiger charge is -1.98. The molecule has 8 heteroatoms. The van der Waals surface area contributed by atoms with E-state index in [2.05, 4.69) is 15.3 Å². The lowest BCUT2D eigenvalue weighted by molar-refractivity contribution is 0.0697. The summed E-state index contributed by atoms with van der Waals surface area (Å²) in [6.07, 6.45) is 1.61. The number of carboxylic acid groups (broad SMARTS) is 1. The van der Waals surface area contributed by atoms with Crippen molar-refractivity contribution in [3.63, 3.8) is 0 Å². The summed E-state index contributed by atoms with van der Waals surface area (Å²) in [4.78, 5) is 11.8. The van der Waals surface area contributed by atoms with Crippen LogP contribution >= 0.6 is 23.6 Å². The van der Waals surface area contributed by atoms with Crippen LogP contribution in [0.5, 0.6) is 0 Å². The fourth-order valence-corrected chi connectivity index (χ4v) is 2.68. The van der Waals surface area contributed by atoms with Gasteiger partial charge in [0.2, 0.25) is 4.77 Å². The van der Waals surface area contributed by atoms with Crippen molar-refractivity contribution in [3.05, 3.63) is 57.7 Å². The van der Waals surface area contributed by atoms with Crippen molar-refractivity contribution in [3.8, 4) is 10.7 Å². The van der Waals surface area contributed by atoms with Gasteiger partial charge in [-0.2, -0.15) is 14.9 Å². The van der Waals surface area contributed by atoms with Gasteiger partial charge < -0.3 is 5.11 Å². The maximum absolute atomic E-state index is 10.8. The van der Waals surface area contributed by atoms with E-state index in [1.807, 2.05) is 17.5 Å². The normalized spacial score (nSPS) is 11.1. The van der Waals surface area contributed by atoms with Crippen LogP contribution in [-0.2, 0) is 0 Å². The number of rotatable bonds is 4. The van der Waals surface area contributed by atoms with Crippen molar-refractivity contribution in [1.82, 2.24) is 14.9 Å². The van der Waals surface area contributed by atoms with Crippen LogP contribution in [0.2, 0.25) is 0 Å². The Labute approximate surface area is 134 Å². The minimum absolute atomic E-state index is 0.233. The van der Waals surface area contributed by atoms with Gasteiger partial charge in [0, 0.05) is 0 Å². The predicted molar refractivity (Wildman–Crippen MR) is 87.1 cm³/mol. The Morgan fingerprint density at radius 2 is 2.14 bits per heavy atom. The molecule has 0 aliphatic carbocycles. The first-order chi connectivity index (χ1) is 10.6. The predicted octanol–water partition coefficient (Wildman–Crippen LogP) is 3.25. The molecule has 2 N–H and O–H groups in total. The van der Waals surface area contributed by atoms with E-state index in [-0.39, 0.29) is 5.56 Å². The average molecular weight is 330 g/mol. The molecule has 6 nitrogen and oxygen atoms in total. The van der Waals surface area contributed by atoms with E-state index in [1.54, 1.807) is 29.7 Å². The summed E-state index contributed by atoms with van der Waals surface area (Å²) in [5.74, 6) is -0.320. The van der Waals surface area contributed by atoms with E-state index in [4.69, 9.17) is 17.3 Å². The smallest absolute Gasteiger partial charge is 0.335 e. The molecular weight excluding hydrogens is 320 g/mol. The third-order valence-corrected chi connectivity index (χ3v) is 4.00. The highest BCUT2D eigenvalue weighted by atomic mass is 32.1. The highest BCUT2D eigenvalue weighted by molar-refractivity contribution is 7.71. The van der Waals surface area contributed by atoms with E-state index in [0.717, 1.165) is 10.4 Å². The van der Waals surface area contributed by atoms with E-state index in [9.17, 15) is 4.79 Å². The number of nitrogens with zero attached hydrogens (tertiary/aromatic N) is 3. The molecular formula is C14H10N4O2S2. The number of nitrogens with one attached hydrogen (secondary N) is 1. The van der Waals surface area contributed by atoms with Crippen molar-refractivity contribution in [2.45, 2.75) is 0 Å². The van der Waals surface area contributed by atoms with Gasteiger partial charge in [-0.3, -0.25) is 0 Å². The molecule has 0 spiro atoms. The number of hydrogen-bond donors (Lipinski definition) is 2. The first kappa shape index (κ1) is 14.4. The minimum Gasteiger partial charge on any atom is -0.478 e. The molecule has 0 bridgehead atoms. The third-order valence-electron chi connectivity index (χ3n) is 2.87. The first-order valence-electron chi connectivity index (χ1n) is 6.24. The summed E-state index contributed by atoms with van der Waals surface area (Å²) in [5, 5.41) is 22.0. The summed E-state index contributed by atoms with van der Waals surface area (Å²) in [5.41, 5.74) is 1.00. The molecule has 0 amide bonds. The molecule has 3 rings (SSSR count). The summed E-state index contributed by atoms with van der Waals surface area (Å²) in [6, 6.07) is 10.3. The lowest BCUT2D eigenvalue weighted by atomic mass is 10.1. The second-order valence-corrected chi connectivity index (χ2v) is 5.65. The fraction of sp³-hybridized carbons (Fsp3) is 0. The zero-order valence-corrected chi connectivity index (χ0v) is 12.8. The minimum atomic E-state index is -0.958. The van der Waals surface area contributed by atoms with Crippen molar-refractivity contribution >= 4 is 35.7 Å². The lowest BCUT2D eigenvalue weighted by Crippen LogP contribution is -1.97. The van der Waals surface area contributed by atoms with Crippen LogP contribution in [0.15, 0.2) is 46.9 Å². The average Bonchev–Trinajstić information content (AvgIpc) is 3.15. The molecule has 0 aliphatic heterocycles. The Balaban J connectivity index is 1.91. The topological polar surface area (TPSA) is 83.3 Å². The van der Waals surface area contributed by atoms with Crippen LogP contribution < -0.4 is 0 Å². The number of carbonyl (C=O) groups is 1. The summed E-state index contributed by atoms with van der Waals surface area (Å²) < 4.78 is 1.92. The van der Waals surface area contributed by atoms with Crippen molar-refractivity contribution in [1.29, 1.82) is 0 Å². The SMILES string of the molecule is O=C(O)c1ccc(/C=N\n2c(-c3cccs3)n[nH]c2=S)cc1. The van der Waals surface area contributed by atoms with E-state index < -0.39 is 5.97 Å². The fourth-order valence-electron chi connectivity index (χ4n) is 1.80. The Morgan fingerprint density at radius 1 is 1.36 bits per heavy atom. The molecule has 0 saturated carbocycles. The number of carboxylic acids is 1. The number of H-pyrrole nitrogens is 1. The number of hydrogen-bond acceptors (Lipinski definition) is 5. The third kappa shape index (κ3) is 2.87. The van der Waals surface area contributed by atoms with Gasteiger partial charge >= 0.3 is 5.97 Å². The second-order valence-electron chi connectivity index (χ2n) is 4.31. The monoisotopic (exact) mass is 330 g/mol. The standard InChI is InChI=1S/C14H10N4O2S2/c19-13(20)10-5-3-9(4-6-10)8-15-18-12(16-17-14(18)21)11-2-1-7-22-11/h1-8H,(H,17,21)(H,19,20)/b15-8-. The largest absolute Gasteiger partial charge is 0.478 e. The van der Waals surface area contributed by atoms with Crippen LogP contribution in [0, 0.1) is 4.77 Å². The number of benzene rings is 1.